The normalized spacial score (nSPS) is 10.4. The summed E-state index contributed by atoms with van der Waals surface area (Å²) in [5.74, 6) is 1.19. The molecule has 0 aromatic heterocycles. The van der Waals surface area contributed by atoms with Crippen LogP contribution in [0.4, 0.5) is 9.59 Å². The van der Waals surface area contributed by atoms with Crippen molar-refractivity contribution in [1.29, 1.82) is 0 Å². The summed E-state index contributed by atoms with van der Waals surface area (Å²) in [6.45, 7) is 7.03. The molecule has 0 saturated heterocycles. The molecule has 10 nitrogen and oxygen atoms in total. The Bertz CT molecular complexity index is 1910. The molecule has 5 aromatic rings. The van der Waals surface area contributed by atoms with Crippen LogP contribution >= 0.6 is 0 Å². The summed E-state index contributed by atoms with van der Waals surface area (Å²) in [5, 5.41) is 0. The van der Waals surface area contributed by atoms with Crippen LogP contribution in [0.25, 0.3) is 0 Å². The second-order valence-electron chi connectivity index (χ2n) is 11.3. The molecule has 0 aliphatic carbocycles. The summed E-state index contributed by atoms with van der Waals surface area (Å²) in [7, 11) is 1.63. The van der Waals surface area contributed by atoms with Gasteiger partial charge in [-0.25, -0.2) is 9.59 Å². The van der Waals surface area contributed by atoms with Gasteiger partial charge in [0.1, 0.15) is 34.5 Å². The lowest BCUT2D eigenvalue weighted by atomic mass is 9.78. The molecule has 0 spiro atoms. The molecule has 0 bridgehead atoms. The van der Waals surface area contributed by atoms with Gasteiger partial charge in [-0.05, 0) is 66.6 Å². The van der Waals surface area contributed by atoms with E-state index in [1.165, 1.54) is 49.4 Å². The van der Waals surface area contributed by atoms with Gasteiger partial charge >= 0.3 is 18.3 Å². The summed E-state index contributed by atoms with van der Waals surface area (Å²) in [6.07, 6.45) is -2.00. The molecule has 0 unspecified atom stereocenters. The average molecular weight is 677 g/mol. The van der Waals surface area contributed by atoms with Crippen molar-refractivity contribution in [1.82, 2.24) is 0 Å². The van der Waals surface area contributed by atoms with Crippen LogP contribution < -0.4 is 28.4 Å². The van der Waals surface area contributed by atoms with E-state index in [0.717, 1.165) is 22.4 Å². The third-order valence-corrected chi connectivity index (χ3v) is 7.25. The van der Waals surface area contributed by atoms with Gasteiger partial charge in [0, 0.05) is 30.0 Å². The third kappa shape index (κ3) is 10.8. The highest BCUT2D eigenvalue weighted by atomic mass is 16.7. The molecule has 50 heavy (non-hydrogen) atoms. The van der Waals surface area contributed by atoms with Gasteiger partial charge in [0.2, 0.25) is 0 Å². The Hall–Kier alpha value is -6.42. The van der Waals surface area contributed by atoms with E-state index >= 15 is 0 Å². The first-order chi connectivity index (χ1) is 23.9. The lowest BCUT2D eigenvalue weighted by Crippen LogP contribution is -2.19. The second kappa shape index (κ2) is 17.1. The first-order valence-corrected chi connectivity index (χ1v) is 15.4. The smallest absolute Gasteiger partial charge is 0.497 e. The lowest BCUT2D eigenvalue weighted by Gasteiger charge is -2.26. The largest absolute Gasteiger partial charge is 0.519 e. The Balaban J connectivity index is 0.000000541. The summed E-state index contributed by atoms with van der Waals surface area (Å²) in [5.41, 5.74) is 2.61. The standard InChI is InChI=1S/C32H28O9.C8H8O/c1-21(33)37-26-7-5-8-27(19-26)40-31(35)41-29-10-6-9-28(20-29)39-30(34)38-25-17-13-23(14-18-25)32(2,3)22-11-15-24(36-4)16-12-22;1-7(9)8-5-3-2-4-6-8/h5-20H,1-4H3;2-6H,1H3. The van der Waals surface area contributed by atoms with Gasteiger partial charge in [-0.15, -0.1) is 0 Å². The summed E-state index contributed by atoms with van der Waals surface area (Å²) in [6, 6.07) is 36.0. The zero-order valence-electron chi connectivity index (χ0n) is 28.2. The Morgan fingerprint density at radius 3 is 1.24 bits per heavy atom. The average Bonchev–Trinajstić information content (AvgIpc) is 3.09. The van der Waals surface area contributed by atoms with Crippen molar-refractivity contribution >= 4 is 24.1 Å². The van der Waals surface area contributed by atoms with Crippen molar-refractivity contribution in [3.8, 4) is 34.5 Å². The van der Waals surface area contributed by atoms with Crippen LogP contribution in [-0.4, -0.2) is 31.2 Å². The number of carbonyl (C=O) groups is 4. The Labute approximate surface area is 290 Å². The van der Waals surface area contributed by atoms with E-state index in [1.807, 2.05) is 66.7 Å². The summed E-state index contributed by atoms with van der Waals surface area (Å²) in [4.78, 5) is 46.4. The molecule has 0 heterocycles. The Morgan fingerprint density at radius 1 is 0.460 bits per heavy atom. The van der Waals surface area contributed by atoms with E-state index in [2.05, 4.69) is 13.8 Å². The van der Waals surface area contributed by atoms with Gasteiger partial charge in [0.15, 0.2) is 5.78 Å². The number of benzene rings is 5. The van der Waals surface area contributed by atoms with Crippen molar-refractivity contribution in [3.63, 3.8) is 0 Å². The molecule has 5 rings (SSSR count). The van der Waals surface area contributed by atoms with E-state index in [0.29, 0.717) is 5.75 Å². The van der Waals surface area contributed by atoms with Crippen LogP contribution in [0.1, 0.15) is 49.2 Å². The maximum atomic E-state index is 12.4. The molecule has 10 heteroatoms. The second-order valence-corrected chi connectivity index (χ2v) is 11.3. The van der Waals surface area contributed by atoms with Crippen LogP contribution in [0, 0.1) is 0 Å². The van der Waals surface area contributed by atoms with Crippen LogP contribution in [-0.2, 0) is 10.2 Å². The predicted molar refractivity (Wildman–Crippen MR) is 186 cm³/mol. The minimum atomic E-state index is -1.04. The van der Waals surface area contributed by atoms with Crippen LogP contribution in [0.3, 0.4) is 0 Å². The molecule has 0 atom stereocenters. The highest BCUT2D eigenvalue weighted by Crippen LogP contribution is 2.33. The summed E-state index contributed by atoms with van der Waals surface area (Å²) >= 11 is 0. The van der Waals surface area contributed by atoms with E-state index in [-0.39, 0.29) is 34.2 Å². The van der Waals surface area contributed by atoms with Gasteiger partial charge in [-0.1, -0.05) is 80.6 Å². The summed E-state index contributed by atoms with van der Waals surface area (Å²) < 4.78 is 31.1. The maximum Gasteiger partial charge on any atom is 0.519 e. The molecule has 0 fully saturated rings. The molecular formula is C40H36O10. The molecular weight excluding hydrogens is 640 g/mol. The highest BCUT2D eigenvalue weighted by molar-refractivity contribution is 5.93. The number of methoxy groups -OCH3 is 1. The first kappa shape index (κ1) is 36.4. The minimum absolute atomic E-state index is 0.0709. The first-order valence-electron chi connectivity index (χ1n) is 15.4. The number of ketones is 1. The van der Waals surface area contributed by atoms with E-state index in [4.69, 9.17) is 28.4 Å². The molecule has 0 amide bonds. The van der Waals surface area contributed by atoms with Gasteiger partial charge in [0.05, 0.1) is 7.11 Å². The lowest BCUT2D eigenvalue weighted by molar-refractivity contribution is -0.131. The monoisotopic (exact) mass is 676 g/mol. The number of Topliss-reactive ketones (excluding diaryl/α,β-unsaturated/α-hetero) is 1. The molecule has 0 radical (unpaired) electrons. The van der Waals surface area contributed by atoms with Gasteiger partial charge < -0.3 is 28.4 Å². The molecule has 0 aliphatic rings. The number of carbonyl (C=O) groups excluding carboxylic acids is 4. The molecule has 0 aliphatic heterocycles. The number of hydrogen-bond donors (Lipinski definition) is 0. The van der Waals surface area contributed by atoms with Crippen molar-refractivity contribution in [2.45, 2.75) is 33.1 Å². The fraction of sp³-hybridized carbons (Fsp3) is 0.150. The molecule has 0 N–H and O–H groups in total. The fourth-order valence-electron chi connectivity index (χ4n) is 4.58. The van der Waals surface area contributed by atoms with E-state index < -0.39 is 18.3 Å². The van der Waals surface area contributed by atoms with Crippen molar-refractivity contribution in [2.75, 3.05) is 7.11 Å². The third-order valence-electron chi connectivity index (χ3n) is 7.25. The topological polar surface area (TPSA) is 124 Å². The highest BCUT2D eigenvalue weighted by Gasteiger charge is 2.23. The predicted octanol–water partition coefficient (Wildman–Crippen LogP) is 8.99. The minimum Gasteiger partial charge on any atom is -0.497 e. The fourth-order valence-corrected chi connectivity index (χ4v) is 4.58. The Morgan fingerprint density at radius 2 is 0.860 bits per heavy atom. The van der Waals surface area contributed by atoms with Crippen LogP contribution in [0.2, 0.25) is 0 Å². The number of ether oxygens (including phenoxy) is 6. The molecule has 256 valence electrons. The molecule has 0 saturated carbocycles. The van der Waals surface area contributed by atoms with Crippen molar-refractivity contribution in [3.05, 3.63) is 144 Å². The number of esters is 1. The number of hydrogen-bond acceptors (Lipinski definition) is 10. The van der Waals surface area contributed by atoms with Crippen molar-refractivity contribution in [2.24, 2.45) is 0 Å². The van der Waals surface area contributed by atoms with Crippen LogP contribution in [0.15, 0.2) is 127 Å². The SMILES string of the molecule is CC(=O)c1ccccc1.COc1ccc(C(C)(C)c2ccc(OC(=O)Oc3cccc(OC(=O)Oc4cccc(OC(C)=O)c4)c3)cc2)cc1. The van der Waals surface area contributed by atoms with Gasteiger partial charge in [0.25, 0.3) is 0 Å². The van der Waals surface area contributed by atoms with E-state index in [1.54, 1.807) is 32.2 Å². The maximum absolute atomic E-state index is 12.4. The zero-order valence-corrected chi connectivity index (χ0v) is 28.2. The van der Waals surface area contributed by atoms with Crippen LogP contribution in [0.5, 0.6) is 34.5 Å². The van der Waals surface area contributed by atoms with E-state index in [9.17, 15) is 19.2 Å². The Kier molecular flexibility index (Phi) is 12.5. The number of rotatable bonds is 9. The van der Waals surface area contributed by atoms with Gasteiger partial charge in [-0.2, -0.15) is 0 Å². The van der Waals surface area contributed by atoms with Gasteiger partial charge in [-0.3, -0.25) is 9.59 Å². The quantitative estimate of drug-likeness (QED) is 0.0647. The zero-order chi connectivity index (χ0) is 36.1. The molecule has 5 aromatic carbocycles. The van der Waals surface area contributed by atoms with Crippen molar-refractivity contribution < 1.29 is 47.6 Å².